The number of rotatable bonds is 0. The van der Waals surface area contributed by atoms with E-state index in [1.54, 1.807) is 6.20 Å². The molecule has 0 fully saturated rings. The minimum atomic E-state index is 0.500. The van der Waals surface area contributed by atoms with Crippen molar-refractivity contribution in [3.8, 4) is 0 Å². The molecule has 0 radical (unpaired) electrons. The number of nitrogens with zero attached hydrogens (tertiary/aromatic N) is 1. The Bertz CT molecular complexity index is 116. The first kappa shape index (κ1) is 14.2. The lowest BCUT2D eigenvalue weighted by Crippen LogP contribution is -1.93. The van der Waals surface area contributed by atoms with Gasteiger partial charge in [0.25, 0.3) is 0 Å². The molecule has 1 heterocycles. The maximum atomic E-state index is 3.76. The van der Waals surface area contributed by atoms with Crippen molar-refractivity contribution in [2.45, 2.75) is 41.5 Å². The fourth-order valence-electron chi connectivity index (χ4n) is 0.176. The first-order valence-electron chi connectivity index (χ1n) is 4.34. The van der Waals surface area contributed by atoms with Crippen LogP contribution < -0.4 is 0 Å². The molecule has 0 bridgehead atoms. The van der Waals surface area contributed by atoms with Crippen molar-refractivity contribution in [1.82, 2.24) is 4.37 Å². The normalized spacial score (nSPS) is 8.83. The highest BCUT2D eigenvalue weighted by Crippen LogP contribution is 2.08. The van der Waals surface area contributed by atoms with Crippen molar-refractivity contribution >= 4 is 11.5 Å². The topological polar surface area (TPSA) is 12.9 Å². The summed E-state index contributed by atoms with van der Waals surface area (Å²) in [6.45, 7) is 12.8. The Morgan fingerprint density at radius 2 is 1.50 bits per heavy atom. The molecule has 2 heteroatoms. The molecule has 0 aliphatic heterocycles. The average Bonchev–Trinajstić information content (AvgIpc) is 2.41. The van der Waals surface area contributed by atoms with Gasteiger partial charge in [0.15, 0.2) is 0 Å². The molecule has 1 aromatic rings. The maximum Gasteiger partial charge on any atom is 0.0406 e. The fourth-order valence-corrected chi connectivity index (χ4v) is 0.527. The quantitative estimate of drug-likeness (QED) is 0.592. The largest absolute Gasteiger partial charge is 0.201 e. The molecule has 0 aromatic carbocycles. The molecule has 0 aliphatic carbocycles. The van der Waals surface area contributed by atoms with Crippen LogP contribution in [-0.4, -0.2) is 4.37 Å². The minimum Gasteiger partial charge on any atom is -0.201 e. The summed E-state index contributed by atoms with van der Waals surface area (Å²) in [6, 6.07) is 1.91. The number of hydrogen-bond acceptors (Lipinski definition) is 2. The van der Waals surface area contributed by atoms with Gasteiger partial charge < -0.3 is 0 Å². The predicted molar refractivity (Wildman–Crippen MR) is 58.6 cm³/mol. The van der Waals surface area contributed by atoms with E-state index in [9.17, 15) is 0 Å². The SMILES string of the molecule is CC.CC(C)(C)C.c1cnsc1. The van der Waals surface area contributed by atoms with Gasteiger partial charge >= 0.3 is 0 Å². The van der Waals surface area contributed by atoms with Gasteiger partial charge in [-0.15, -0.1) is 0 Å². The van der Waals surface area contributed by atoms with Crippen LogP contribution in [0.25, 0.3) is 0 Å². The second-order valence-electron chi connectivity index (χ2n) is 3.69. The summed E-state index contributed by atoms with van der Waals surface area (Å²) >= 11 is 1.46. The van der Waals surface area contributed by atoms with Crippen LogP contribution in [0.2, 0.25) is 0 Å². The monoisotopic (exact) mass is 187 g/mol. The standard InChI is InChI=1S/C5H12.C3H3NS.C2H6/c1-5(2,3)4;1-2-4-5-3-1;1-2/h1-4H3;1-3H;1-2H3. The highest BCUT2D eigenvalue weighted by Gasteiger charge is 1.95. The van der Waals surface area contributed by atoms with Gasteiger partial charge in [0.05, 0.1) is 0 Å². The summed E-state index contributed by atoms with van der Waals surface area (Å²) in [5.74, 6) is 0. The molecule has 1 nitrogen and oxygen atoms in total. The fraction of sp³-hybridized carbons (Fsp3) is 0.700. The van der Waals surface area contributed by atoms with Gasteiger partial charge in [0.1, 0.15) is 0 Å². The third kappa shape index (κ3) is 33.5. The highest BCUT2D eigenvalue weighted by molar-refractivity contribution is 7.03. The Balaban J connectivity index is 0. The first-order valence-corrected chi connectivity index (χ1v) is 5.18. The molecule has 0 N–H and O–H groups in total. The molecule has 1 rings (SSSR count). The van der Waals surface area contributed by atoms with Crippen LogP contribution in [0.15, 0.2) is 17.6 Å². The number of hydrogen-bond donors (Lipinski definition) is 0. The van der Waals surface area contributed by atoms with Crippen LogP contribution in [0.5, 0.6) is 0 Å². The van der Waals surface area contributed by atoms with Crippen molar-refractivity contribution < 1.29 is 0 Å². The summed E-state index contributed by atoms with van der Waals surface area (Å²) in [5, 5.41) is 1.93. The summed E-state index contributed by atoms with van der Waals surface area (Å²) in [6.07, 6.45) is 1.77. The van der Waals surface area contributed by atoms with E-state index < -0.39 is 0 Å². The van der Waals surface area contributed by atoms with Gasteiger partial charge in [-0.2, -0.15) is 0 Å². The molecule has 0 amide bonds. The Labute approximate surface area is 81.0 Å². The van der Waals surface area contributed by atoms with Gasteiger partial charge in [-0.05, 0) is 23.0 Å². The lowest BCUT2D eigenvalue weighted by atomic mass is 10.0. The molecular weight excluding hydrogens is 166 g/mol. The predicted octanol–water partition coefficient (Wildman–Crippen LogP) is 4.22. The molecular formula is C10H21NS. The van der Waals surface area contributed by atoms with E-state index in [-0.39, 0.29) is 0 Å². The summed E-state index contributed by atoms with van der Waals surface area (Å²) in [7, 11) is 0. The van der Waals surface area contributed by atoms with Gasteiger partial charge in [-0.25, -0.2) is 4.37 Å². The van der Waals surface area contributed by atoms with E-state index in [0.717, 1.165) is 0 Å². The van der Waals surface area contributed by atoms with E-state index in [1.807, 2.05) is 25.3 Å². The Kier molecular flexibility index (Phi) is 10.3. The molecule has 1 aromatic heterocycles. The molecule has 12 heavy (non-hydrogen) atoms. The summed E-state index contributed by atoms with van der Waals surface area (Å²) < 4.78 is 3.76. The van der Waals surface area contributed by atoms with Gasteiger partial charge in [-0.1, -0.05) is 41.5 Å². The van der Waals surface area contributed by atoms with E-state index in [4.69, 9.17) is 0 Å². The van der Waals surface area contributed by atoms with Crippen LogP contribution in [0.3, 0.4) is 0 Å². The third-order valence-electron chi connectivity index (χ3n) is 0.347. The Hall–Kier alpha value is -0.370. The first-order chi connectivity index (χ1) is 5.50. The zero-order chi connectivity index (χ0) is 10.0. The van der Waals surface area contributed by atoms with Crippen LogP contribution in [0.4, 0.5) is 0 Å². The van der Waals surface area contributed by atoms with Crippen molar-refractivity contribution in [1.29, 1.82) is 0 Å². The second-order valence-corrected chi connectivity index (χ2v) is 4.38. The van der Waals surface area contributed by atoms with Gasteiger partial charge in [0, 0.05) is 11.6 Å². The van der Waals surface area contributed by atoms with E-state index in [1.165, 1.54) is 11.5 Å². The highest BCUT2D eigenvalue weighted by atomic mass is 32.1. The van der Waals surface area contributed by atoms with Crippen LogP contribution in [-0.2, 0) is 0 Å². The maximum absolute atomic E-state index is 3.76. The van der Waals surface area contributed by atoms with E-state index in [2.05, 4.69) is 32.1 Å². The lowest BCUT2D eigenvalue weighted by molar-refractivity contribution is 0.469. The average molecular weight is 187 g/mol. The molecule has 0 unspecified atom stereocenters. The van der Waals surface area contributed by atoms with Crippen LogP contribution in [0.1, 0.15) is 41.5 Å². The van der Waals surface area contributed by atoms with Crippen LogP contribution in [0, 0.1) is 5.41 Å². The minimum absolute atomic E-state index is 0.500. The molecule has 0 atom stereocenters. The Morgan fingerprint density at radius 3 is 1.58 bits per heavy atom. The van der Waals surface area contributed by atoms with Crippen molar-refractivity contribution in [2.75, 3.05) is 0 Å². The van der Waals surface area contributed by atoms with Gasteiger partial charge in [-0.3, -0.25) is 0 Å². The van der Waals surface area contributed by atoms with Crippen molar-refractivity contribution in [3.63, 3.8) is 0 Å². The second kappa shape index (κ2) is 8.72. The molecule has 72 valence electrons. The Morgan fingerprint density at radius 1 is 1.08 bits per heavy atom. The third-order valence-corrected chi connectivity index (χ3v) is 0.869. The summed E-state index contributed by atoms with van der Waals surface area (Å²) in [5.41, 5.74) is 0.500. The summed E-state index contributed by atoms with van der Waals surface area (Å²) in [4.78, 5) is 0. The lowest BCUT2D eigenvalue weighted by Gasteiger charge is -2.05. The van der Waals surface area contributed by atoms with E-state index >= 15 is 0 Å². The molecule has 0 saturated carbocycles. The zero-order valence-corrected chi connectivity index (χ0v) is 9.90. The van der Waals surface area contributed by atoms with Gasteiger partial charge in [0.2, 0.25) is 0 Å². The smallest absolute Gasteiger partial charge is 0.0406 e. The number of aromatic nitrogens is 1. The molecule has 0 spiro atoms. The molecule has 0 aliphatic rings. The molecule has 0 saturated heterocycles. The van der Waals surface area contributed by atoms with Crippen molar-refractivity contribution in [3.05, 3.63) is 17.6 Å². The van der Waals surface area contributed by atoms with Crippen molar-refractivity contribution in [2.24, 2.45) is 5.41 Å². The zero-order valence-electron chi connectivity index (χ0n) is 9.09. The van der Waals surface area contributed by atoms with E-state index in [0.29, 0.717) is 5.41 Å². The van der Waals surface area contributed by atoms with Crippen LogP contribution >= 0.6 is 11.5 Å².